The summed E-state index contributed by atoms with van der Waals surface area (Å²) in [6.07, 6.45) is 0. The molecule has 2 N–H and O–H groups in total. The summed E-state index contributed by atoms with van der Waals surface area (Å²) in [5.74, 6) is 0.758. The summed E-state index contributed by atoms with van der Waals surface area (Å²) in [4.78, 5) is 0. The number of hydrogen-bond acceptors (Lipinski definition) is 5. The first-order chi connectivity index (χ1) is 12.8. The molecule has 0 bridgehead atoms. The van der Waals surface area contributed by atoms with Crippen LogP contribution in [0.3, 0.4) is 0 Å². The quantitative estimate of drug-likeness (QED) is 0.762. The Morgan fingerprint density at radius 2 is 1.42 bits per heavy atom. The molecule has 4 rings (SSSR count). The van der Waals surface area contributed by atoms with Gasteiger partial charge in [-0.25, -0.2) is 5.01 Å². The van der Waals surface area contributed by atoms with Gasteiger partial charge in [0.2, 0.25) is 0 Å². The van der Waals surface area contributed by atoms with Gasteiger partial charge in [0.05, 0.1) is 18.0 Å². The van der Waals surface area contributed by atoms with Gasteiger partial charge < -0.3 is 5.11 Å². The predicted octanol–water partition coefficient (Wildman–Crippen LogP) is 3.33. The van der Waals surface area contributed by atoms with Gasteiger partial charge in [-0.15, -0.1) is 0 Å². The molecular formula is C21H20N4O. The van der Waals surface area contributed by atoms with E-state index in [0.29, 0.717) is 6.67 Å². The Balaban J connectivity index is 1.71. The highest BCUT2D eigenvalue weighted by Gasteiger charge is 2.21. The second-order valence-corrected chi connectivity index (χ2v) is 6.06. The number of nitrogens with one attached hydrogen (secondary N) is 1. The summed E-state index contributed by atoms with van der Waals surface area (Å²) in [6, 6.07) is 28.0. The first-order valence-electron chi connectivity index (χ1n) is 8.54. The van der Waals surface area contributed by atoms with Crippen LogP contribution in [0.5, 0.6) is 0 Å². The van der Waals surface area contributed by atoms with Crippen LogP contribution in [0.15, 0.2) is 90.0 Å². The predicted molar refractivity (Wildman–Crippen MR) is 105 cm³/mol. The molecule has 0 radical (unpaired) electrons. The maximum absolute atomic E-state index is 9.26. The number of para-hydroxylation sites is 2. The average Bonchev–Trinajstić information content (AvgIpc) is 2.75. The fourth-order valence-electron chi connectivity index (χ4n) is 2.86. The summed E-state index contributed by atoms with van der Waals surface area (Å²) < 4.78 is 0. The van der Waals surface area contributed by atoms with E-state index in [9.17, 15) is 5.11 Å². The number of aliphatic hydroxyl groups is 1. The number of amidine groups is 1. The lowest BCUT2D eigenvalue weighted by molar-refractivity contribution is 0.282. The van der Waals surface area contributed by atoms with E-state index in [4.69, 9.17) is 5.10 Å². The van der Waals surface area contributed by atoms with Crippen molar-refractivity contribution in [2.75, 3.05) is 16.7 Å². The Kier molecular flexibility index (Phi) is 4.53. The minimum absolute atomic E-state index is 0.0342. The standard InChI is InChI=1S/C21H20N4O/c26-15-17-11-13-18(14-12-17)21-22-24(19-7-3-1-4-8-19)16-25(23-21)20-9-5-2-6-10-20/h1-14,26H,15-16H2,(H,22,23). The number of hydrazone groups is 1. The second kappa shape index (κ2) is 7.29. The number of aliphatic hydroxyl groups excluding tert-OH is 1. The lowest BCUT2D eigenvalue weighted by atomic mass is 10.1. The first-order valence-corrected chi connectivity index (χ1v) is 8.54. The van der Waals surface area contributed by atoms with Crippen LogP contribution in [0.25, 0.3) is 0 Å². The van der Waals surface area contributed by atoms with Gasteiger partial charge in [0.15, 0.2) is 5.84 Å². The van der Waals surface area contributed by atoms with Crippen LogP contribution in [0.4, 0.5) is 11.4 Å². The Morgan fingerprint density at radius 1 is 0.808 bits per heavy atom. The minimum Gasteiger partial charge on any atom is -0.392 e. The summed E-state index contributed by atoms with van der Waals surface area (Å²) in [5.41, 5.74) is 7.33. The zero-order valence-electron chi connectivity index (χ0n) is 14.3. The molecule has 0 saturated carbocycles. The van der Waals surface area contributed by atoms with E-state index in [1.807, 2.05) is 77.8 Å². The van der Waals surface area contributed by atoms with Gasteiger partial charge in [-0.2, -0.15) is 5.10 Å². The highest BCUT2D eigenvalue weighted by molar-refractivity contribution is 6.00. The molecule has 5 heteroatoms. The van der Waals surface area contributed by atoms with E-state index in [2.05, 4.69) is 22.6 Å². The van der Waals surface area contributed by atoms with Crippen LogP contribution in [0.1, 0.15) is 11.1 Å². The van der Waals surface area contributed by atoms with E-state index >= 15 is 0 Å². The third-order valence-corrected chi connectivity index (χ3v) is 4.27. The van der Waals surface area contributed by atoms with Crippen molar-refractivity contribution in [3.63, 3.8) is 0 Å². The van der Waals surface area contributed by atoms with Crippen molar-refractivity contribution < 1.29 is 5.11 Å². The maximum Gasteiger partial charge on any atom is 0.172 e. The third-order valence-electron chi connectivity index (χ3n) is 4.27. The fraction of sp³-hybridized carbons (Fsp3) is 0.0952. The van der Waals surface area contributed by atoms with Crippen molar-refractivity contribution in [1.29, 1.82) is 0 Å². The van der Waals surface area contributed by atoms with E-state index in [-0.39, 0.29) is 6.61 Å². The molecule has 26 heavy (non-hydrogen) atoms. The van der Waals surface area contributed by atoms with E-state index in [1.54, 1.807) is 0 Å². The molecule has 0 aliphatic carbocycles. The molecule has 0 aromatic heterocycles. The van der Waals surface area contributed by atoms with Crippen molar-refractivity contribution >= 4 is 17.2 Å². The number of benzene rings is 3. The van der Waals surface area contributed by atoms with Gasteiger partial charge in [0.25, 0.3) is 0 Å². The lowest BCUT2D eigenvalue weighted by Crippen LogP contribution is -2.53. The van der Waals surface area contributed by atoms with Gasteiger partial charge in [-0.05, 0) is 29.8 Å². The van der Waals surface area contributed by atoms with Crippen LogP contribution in [0.2, 0.25) is 0 Å². The molecule has 1 aliphatic heterocycles. The highest BCUT2D eigenvalue weighted by atomic mass is 16.3. The zero-order chi connectivity index (χ0) is 17.8. The second-order valence-electron chi connectivity index (χ2n) is 6.06. The summed E-state index contributed by atoms with van der Waals surface area (Å²) in [5, 5.41) is 18.1. The molecular weight excluding hydrogens is 324 g/mol. The van der Waals surface area contributed by atoms with Crippen molar-refractivity contribution in [3.8, 4) is 0 Å². The molecule has 0 spiro atoms. The fourth-order valence-corrected chi connectivity index (χ4v) is 2.86. The van der Waals surface area contributed by atoms with Crippen LogP contribution >= 0.6 is 0 Å². The Labute approximate surface area is 152 Å². The molecule has 130 valence electrons. The first kappa shape index (κ1) is 16.2. The zero-order valence-corrected chi connectivity index (χ0v) is 14.3. The number of hydrogen-bond donors (Lipinski definition) is 2. The molecule has 0 fully saturated rings. The van der Waals surface area contributed by atoms with E-state index in [1.165, 1.54) is 0 Å². The molecule has 0 atom stereocenters. The van der Waals surface area contributed by atoms with Gasteiger partial charge >= 0.3 is 0 Å². The van der Waals surface area contributed by atoms with Crippen molar-refractivity contribution in [2.24, 2.45) is 5.10 Å². The number of hydrazine groups is 1. The smallest absolute Gasteiger partial charge is 0.172 e. The SMILES string of the molecule is OCc1ccc(C2=NN(c3ccccc3)CN(c3ccccc3)N2)cc1. The van der Waals surface area contributed by atoms with Crippen molar-refractivity contribution in [1.82, 2.24) is 5.43 Å². The molecule has 1 aliphatic rings. The molecule has 3 aromatic carbocycles. The largest absolute Gasteiger partial charge is 0.392 e. The van der Waals surface area contributed by atoms with Gasteiger partial charge in [-0.1, -0.05) is 60.7 Å². The topological polar surface area (TPSA) is 51.1 Å². The third kappa shape index (κ3) is 3.38. The number of nitrogens with zero attached hydrogens (tertiary/aromatic N) is 3. The number of rotatable bonds is 4. The summed E-state index contributed by atoms with van der Waals surface area (Å²) in [6.45, 7) is 0.624. The summed E-state index contributed by atoms with van der Waals surface area (Å²) >= 11 is 0. The van der Waals surface area contributed by atoms with E-state index < -0.39 is 0 Å². The molecule has 1 heterocycles. The summed E-state index contributed by atoms with van der Waals surface area (Å²) in [7, 11) is 0. The highest BCUT2D eigenvalue weighted by Crippen LogP contribution is 2.21. The molecule has 5 nitrogen and oxygen atoms in total. The minimum atomic E-state index is 0.0342. The lowest BCUT2D eigenvalue weighted by Gasteiger charge is -2.36. The van der Waals surface area contributed by atoms with Crippen molar-refractivity contribution in [2.45, 2.75) is 6.61 Å². The molecule has 0 saturated heterocycles. The van der Waals surface area contributed by atoms with Crippen molar-refractivity contribution in [3.05, 3.63) is 96.1 Å². The normalized spacial score (nSPS) is 14.0. The average molecular weight is 344 g/mol. The Bertz CT molecular complexity index is 879. The maximum atomic E-state index is 9.26. The van der Waals surface area contributed by atoms with Gasteiger partial charge in [0, 0.05) is 5.56 Å². The number of anilines is 2. The van der Waals surface area contributed by atoms with Crippen LogP contribution in [0, 0.1) is 0 Å². The molecule has 0 amide bonds. The van der Waals surface area contributed by atoms with Gasteiger partial charge in [-0.3, -0.25) is 10.4 Å². The van der Waals surface area contributed by atoms with E-state index in [0.717, 1.165) is 28.3 Å². The molecule has 0 unspecified atom stereocenters. The van der Waals surface area contributed by atoms with Crippen LogP contribution in [-0.2, 0) is 6.61 Å². The van der Waals surface area contributed by atoms with Crippen LogP contribution in [-0.4, -0.2) is 17.6 Å². The monoisotopic (exact) mass is 344 g/mol. The Hall–Kier alpha value is -3.31. The van der Waals surface area contributed by atoms with Gasteiger partial charge in [0.1, 0.15) is 6.67 Å². The Morgan fingerprint density at radius 3 is 2.04 bits per heavy atom. The molecule has 3 aromatic rings. The van der Waals surface area contributed by atoms with Crippen LogP contribution < -0.4 is 15.4 Å².